The lowest BCUT2D eigenvalue weighted by molar-refractivity contribution is 0.0487. The minimum absolute atomic E-state index is 0.243. The van der Waals surface area contributed by atoms with E-state index in [4.69, 9.17) is 4.74 Å². The topological polar surface area (TPSA) is 54.4 Å². The van der Waals surface area contributed by atoms with Crippen LogP contribution in [0.25, 0.3) is 0 Å². The van der Waals surface area contributed by atoms with Crippen molar-refractivity contribution in [2.75, 3.05) is 44.3 Å². The monoisotopic (exact) mass is 359 g/mol. The fraction of sp³-hybridized carbons (Fsp3) is 0.611. The molecule has 0 atom stereocenters. The van der Waals surface area contributed by atoms with Gasteiger partial charge in [0.05, 0.1) is 23.9 Å². The van der Waals surface area contributed by atoms with Gasteiger partial charge in [-0.2, -0.15) is 0 Å². The van der Waals surface area contributed by atoms with Gasteiger partial charge in [0.15, 0.2) is 0 Å². The molecule has 6 nitrogen and oxygen atoms in total. The molecule has 0 N–H and O–H groups in total. The van der Waals surface area contributed by atoms with Gasteiger partial charge < -0.3 is 9.64 Å². The molecule has 2 aliphatic rings. The molecule has 7 heteroatoms. The van der Waals surface area contributed by atoms with Gasteiger partial charge in [0, 0.05) is 55.9 Å². The number of hydrogen-bond acceptors (Lipinski definition) is 7. The highest BCUT2D eigenvalue weighted by Gasteiger charge is 2.38. The van der Waals surface area contributed by atoms with Crippen LogP contribution in [0, 0.1) is 12.3 Å². The third-order valence-corrected chi connectivity index (χ3v) is 6.05. The van der Waals surface area contributed by atoms with E-state index in [1.54, 1.807) is 11.3 Å². The fourth-order valence-electron chi connectivity index (χ4n) is 3.86. The summed E-state index contributed by atoms with van der Waals surface area (Å²) < 4.78 is 5.99. The molecule has 0 bridgehead atoms. The van der Waals surface area contributed by atoms with E-state index in [0.717, 1.165) is 69.7 Å². The van der Waals surface area contributed by atoms with Crippen LogP contribution in [0.2, 0.25) is 0 Å². The van der Waals surface area contributed by atoms with Crippen molar-refractivity contribution >= 4 is 17.3 Å². The van der Waals surface area contributed by atoms with E-state index in [9.17, 15) is 0 Å². The van der Waals surface area contributed by atoms with Gasteiger partial charge in [-0.25, -0.2) is 15.0 Å². The first-order valence-corrected chi connectivity index (χ1v) is 9.84. The minimum atomic E-state index is 0.243. The van der Waals surface area contributed by atoms with E-state index >= 15 is 0 Å². The summed E-state index contributed by atoms with van der Waals surface area (Å²) in [5.41, 5.74) is 1.43. The number of anilines is 1. The maximum atomic E-state index is 5.99. The van der Waals surface area contributed by atoms with Gasteiger partial charge in [0.1, 0.15) is 0 Å². The number of thiazole rings is 1. The molecule has 2 saturated heterocycles. The summed E-state index contributed by atoms with van der Waals surface area (Å²) in [6.45, 7) is 8.76. The van der Waals surface area contributed by atoms with Crippen molar-refractivity contribution in [3.8, 4) is 0 Å². The van der Waals surface area contributed by atoms with E-state index in [2.05, 4.69) is 37.1 Å². The van der Waals surface area contributed by atoms with Crippen LogP contribution in [0.5, 0.6) is 0 Å². The molecule has 0 unspecified atom stereocenters. The Morgan fingerprint density at radius 1 is 1.20 bits per heavy atom. The van der Waals surface area contributed by atoms with Gasteiger partial charge in [0.25, 0.3) is 0 Å². The van der Waals surface area contributed by atoms with Crippen LogP contribution in [0.4, 0.5) is 5.95 Å². The lowest BCUT2D eigenvalue weighted by Gasteiger charge is -2.42. The maximum absolute atomic E-state index is 5.99. The van der Waals surface area contributed by atoms with Gasteiger partial charge in [-0.15, -0.1) is 11.3 Å². The summed E-state index contributed by atoms with van der Waals surface area (Å²) in [6, 6.07) is 1.87. The molecule has 0 aliphatic carbocycles. The molecule has 2 aromatic rings. The van der Waals surface area contributed by atoms with E-state index in [1.807, 2.05) is 18.5 Å². The maximum Gasteiger partial charge on any atom is 0.225 e. The molecule has 0 saturated carbocycles. The summed E-state index contributed by atoms with van der Waals surface area (Å²) in [4.78, 5) is 18.2. The number of piperidine rings is 1. The third-order valence-electron chi connectivity index (χ3n) is 5.23. The fourth-order valence-corrected chi connectivity index (χ4v) is 4.47. The molecular weight excluding hydrogens is 334 g/mol. The zero-order valence-electron chi connectivity index (χ0n) is 14.7. The average molecular weight is 359 g/mol. The van der Waals surface area contributed by atoms with Crippen molar-refractivity contribution in [3.05, 3.63) is 34.5 Å². The second-order valence-corrected chi connectivity index (χ2v) is 8.22. The first-order chi connectivity index (χ1) is 12.2. The van der Waals surface area contributed by atoms with Gasteiger partial charge in [-0.05, 0) is 25.8 Å². The van der Waals surface area contributed by atoms with Crippen LogP contribution in [0.15, 0.2) is 23.8 Å². The molecule has 4 rings (SSSR count). The molecular formula is C18H25N5OS. The molecule has 0 amide bonds. The normalized spacial score (nSPS) is 21.4. The Balaban J connectivity index is 1.40. The van der Waals surface area contributed by atoms with Crippen LogP contribution in [0.1, 0.15) is 23.5 Å². The number of nitrogens with zero attached hydrogens (tertiary/aromatic N) is 5. The van der Waals surface area contributed by atoms with Crippen molar-refractivity contribution < 1.29 is 4.74 Å². The molecule has 134 valence electrons. The quantitative estimate of drug-likeness (QED) is 0.839. The van der Waals surface area contributed by atoms with Gasteiger partial charge in [0.2, 0.25) is 5.95 Å². The third kappa shape index (κ3) is 3.99. The van der Waals surface area contributed by atoms with Crippen LogP contribution < -0.4 is 4.90 Å². The molecule has 1 spiro atoms. The second-order valence-electron chi connectivity index (χ2n) is 7.16. The minimum Gasteiger partial charge on any atom is -0.379 e. The standard InChI is InChI=1S/C18H25N5OS/c1-15-21-16(12-25-15)11-22-9-10-24-14-18(13-22)3-7-23(8-4-18)17-19-5-2-6-20-17/h2,5-6,12H,3-4,7-11,13-14H2,1H3. The number of ether oxygens (including phenoxy) is 1. The van der Waals surface area contributed by atoms with Gasteiger partial charge in [-0.3, -0.25) is 4.90 Å². The Morgan fingerprint density at radius 2 is 2.00 bits per heavy atom. The molecule has 2 fully saturated rings. The van der Waals surface area contributed by atoms with Crippen LogP contribution in [0.3, 0.4) is 0 Å². The van der Waals surface area contributed by atoms with Crippen molar-refractivity contribution in [2.24, 2.45) is 5.41 Å². The molecule has 4 heterocycles. The summed E-state index contributed by atoms with van der Waals surface area (Å²) >= 11 is 1.73. The molecule has 0 radical (unpaired) electrons. The molecule has 0 aromatic carbocycles. The summed E-state index contributed by atoms with van der Waals surface area (Å²) in [5, 5.41) is 3.33. The van der Waals surface area contributed by atoms with E-state index in [0.29, 0.717) is 0 Å². The second kappa shape index (κ2) is 7.35. The Hall–Kier alpha value is -1.57. The zero-order chi connectivity index (χ0) is 17.1. The first kappa shape index (κ1) is 16.9. The lowest BCUT2D eigenvalue weighted by Crippen LogP contribution is -2.47. The Labute approximate surface area is 152 Å². The van der Waals surface area contributed by atoms with Crippen molar-refractivity contribution in [2.45, 2.75) is 26.3 Å². The number of aryl methyl sites for hydroxylation is 1. The van der Waals surface area contributed by atoms with E-state index in [-0.39, 0.29) is 5.41 Å². The number of rotatable bonds is 3. The average Bonchev–Trinajstić information content (AvgIpc) is 2.94. The highest BCUT2D eigenvalue weighted by Crippen LogP contribution is 2.35. The predicted octanol–water partition coefficient (Wildman–Crippen LogP) is 2.36. The lowest BCUT2D eigenvalue weighted by atomic mass is 9.78. The largest absolute Gasteiger partial charge is 0.379 e. The smallest absolute Gasteiger partial charge is 0.225 e. The van der Waals surface area contributed by atoms with E-state index in [1.165, 1.54) is 5.69 Å². The van der Waals surface area contributed by atoms with Gasteiger partial charge >= 0.3 is 0 Å². The van der Waals surface area contributed by atoms with E-state index < -0.39 is 0 Å². The van der Waals surface area contributed by atoms with Crippen molar-refractivity contribution in [1.29, 1.82) is 0 Å². The first-order valence-electron chi connectivity index (χ1n) is 8.96. The Kier molecular flexibility index (Phi) is 4.96. The Bertz CT molecular complexity index is 684. The molecule has 2 aromatic heterocycles. The predicted molar refractivity (Wildman–Crippen MR) is 98.9 cm³/mol. The van der Waals surface area contributed by atoms with Crippen LogP contribution in [-0.2, 0) is 11.3 Å². The number of hydrogen-bond donors (Lipinski definition) is 0. The zero-order valence-corrected chi connectivity index (χ0v) is 15.5. The SMILES string of the molecule is Cc1nc(CN2CCOCC3(CCN(c4ncccn4)CC3)C2)cs1. The molecule has 2 aliphatic heterocycles. The van der Waals surface area contributed by atoms with Gasteiger partial charge in [-0.1, -0.05) is 0 Å². The van der Waals surface area contributed by atoms with Crippen molar-refractivity contribution in [3.63, 3.8) is 0 Å². The van der Waals surface area contributed by atoms with Crippen LogP contribution >= 0.6 is 11.3 Å². The summed E-state index contributed by atoms with van der Waals surface area (Å²) in [5.74, 6) is 0.849. The summed E-state index contributed by atoms with van der Waals surface area (Å²) in [7, 11) is 0. The highest BCUT2D eigenvalue weighted by molar-refractivity contribution is 7.09. The Morgan fingerprint density at radius 3 is 2.72 bits per heavy atom. The highest BCUT2D eigenvalue weighted by atomic mass is 32.1. The number of aromatic nitrogens is 3. The summed E-state index contributed by atoms with van der Waals surface area (Å²) in [6.07, 6.45) is 5.88. The van der Waals surface area contributed by atoms with Crippen molar-refractivity contribution in [1.82, 2.24) is 19.9 Å². The molecule has 25 heavy (non-hydrogen) atoms. The van der Waals surface area contributed by atoms with Crippen LogP contribution in [-0.4, -0.2) is 59.2 Å².